The van der Waals surface area contributed by atoms with Gasteiger partial charge in [0, 0.05) is 20.6 Å². The van der Waals surface area contributed by atoms with Gasteiger partial charge in [0.05, 0.1) is 0 Å². The highest BCUT2D eigenvalue weighted by molar-refractivity contribution is 5.73. The lowest BCUT2D eigenvalue weighted by atomic mass is 10.2. The second kappa shape index (κ2) is 4.72. The smallest absolute Gasteiger partial charge is 0.317 e. The second-order valence-corrected chi connectivity index (χ2v) is 3.16. The van der Waals surface area contributed by atoms with Crippen LogP contribution in [0.5, 0.6) is 0 Å². The Balaban J connectivity index is 2.73. The molecule has 0 saturated carbocycles. The SMILES string of the molecule is CNC(=O)N(C)Cc1ccc(F)c(F)c1. The largest absolute Gasteiger partial charge is 0.341 e. The molecule has 1 aromatic rings. The Morgan fingerprint density at radius 2 is 2.07 bits per heavy atom. The standard InChI is InChI=1S/C10H12F2N2O/c1-13-10(15)14(2)6-7-3-4-8(11)9(12)5-7/h3-5H,6H2,1-2H3,(H,13,15). The van der Waals surface area contributed by atoms with Crippen molar-refractivity contribution in [1.29, 1.82) is 0 Å². The van der Waals surface area contributed by atoms with E-state index >= 15 is 0 Å². The van der Waals surface area contributed by atoms with Crippen LogP contribution >= 0.6 is 0 Å². The van der Waals surface area contributed by atoms with Crippen LogP contribution in [0.3, 0.4) is 0 Å². The number of halogens is 2. The zero-order valence-corrected chi connectivity index (χ0v) is 8.55. The Kier molecular flexibility index (Phi) is 3.60. The third-order valence-electron chi connectivity index (χ3n) is 1.96. The van der Waals surface area contributed by atoms with E-state index in [9.17, 15) is 13.6 Å². The van der Waals surface area contributed by atoms with E-state index in [1.54, 1.807) is 7.05 Å². The zero-order valence-electron chi connectivity index (χ0n) is 8.55. The summed E-state index contributed by atoms with van der Waals surface area (Å²) < 4.78 is 25.4. The van der Waals surface area contributed by atoms with E-state index in [-0.39, 0.29) is 12.6 Å². The van der Waals surface area contributed by atoms with Crippen LogP contribution in [-0.4, -0.2) is 25.0 Å². The van der Waals surface area contributed by atoms with Crippen LogP contribution in [0.25, 0.3) is 0 Å². The van der Waals surface area contributed by atoms with Gasteiger partial charge in [-0.15, -0.1) is 0 Å². The summed E-state index contributed by atoms with van der Waals surface area (Å²) in [6.07, 6.45) is 0. The van der Waals surface area contributed by atoms with Gasteiger partial charge in [-0.1, -0.05) is 6.07 Å². The van der Waals surface area contributed by atoms with E-state index in [2.05, 4.69) is 5.32 Å². The fraction of sp³-hybridized carbons (Fsp3) is 0.300. The van der Waals surface area contributed by atoms with Gasteiger partial charge >= 0.3 is 6.03 Å². The number of amides is 2. The van der Waals surface area contributed by atoms with Crippen LogP contribution in [-0.2, 0) is 6.54 Å². The van der Waals surface area contributed by atoms with E-state index in [1.165, 1.54) is 18.0 Å². The molecule has 0 aliphatic heterocycles. The Morgan fingerprint density at radius 3 is 2.60 bits per heavy atom. The number of hydrogen-bond acceptors (Lipinski definition) is 1. The fourth-order valence-electron chi connectivity index (χ4n) is 1.17. The van der Waals surface area contributed by atoms with Crippen LogP contribution in [0.4, 0.5) is 13.6 Å². The van der Waals surface area contributed by atoms with E-state index in [4.69, 9.17) is 0 Å². The summed E-state index contributed by atoms with van der Waals surface area (Å²) in [6, 6.07) is 3.29. The highest BCUT2D eigenvalue weighted by atomic mass is 19.2. The van der Waals surface area contributed by atoms with Gasteiger partial charge in [0.2, 0.25) is 0 Å². The molecule has 0 unspecified atom stereocenters. The molecule has 2 amide bonds. The molecule has 82 valence electrons. The normalized spacial score (nSPS) is 9.87. The molecule has 0 spiro atoms. The lowest BCUT2D eigenvalue weighted by Gasteiger charge is -2.16. The highest BCUT2D eigenvalue weighted by Crippen LogP contribution is 2.10. The summed E-state index contributed by atoms with van der Waals surface area (Å²) in [7, 11) is 3.07. The van der Waals surface area contributed by atoms with Crippen LogP contribution in [0.15, 0.2) is 18.2 Å². The first-order valence-corrected chi connectivity index (χ1v) is 4.41. The molecule has 0 heterocycles. The molecule has 1 aromatic carbocycles. The third kappa shape index (κ3) is 2.90. The molecule has 3 nitrogen and oxygen atoms in total. The molecule has 15 heavy (non-hydrogen) atoms. The number of nitrogens with zero attached hydrogens (tertiary/aromatic N) is 1. The van der Waals surface area contributed by atoms with Crippen LogP contribution in [0.1, 0.15) is 5.56 Å². The summed E-state index contributed by atoms with van der Waals surface area (Å²) in [5.41, 5.74) is 0.542. The van der Waals surface area contributed by atoms with E-state index < -0.39 is 11.6 Å². The van der Waals surface area contributed by atoms with Crippen molar-refractivity contribution in [3.05, 3.63) is 35.4 Å². The first kappa shape index (κ1) is 11.4. The number of carbonyl (C=O) groups is 1. The monoisotopic (exact) mass is 214 g/mol. The third-order valence-corrected chi connectivity index (χ3v) is 1.96. The van der Waals surface area contributed by atoms with Crippen molar-refractivity contribution in [2.75, 3.05) is 14.1 Å². The number of carbonyl (C=O) groups excluding carboxylic acids is 1. The summed E-state index contributed by atoms with van der Waals surface area (Å²) in [5.74, 6) is -1.79. The summed E-state index contributed by atoms with van der Waals surface area (Å²) in [4.78, 5) is 12.5. The van der Waals surface area contributed by atoms with Crippen LogP contribution in [0.2, 0.25) is 0 Å². The minimum absolute atomic E-state index is 0.233. The van der Waals surface area contributed by atoms with Crippen molar-refractivity contribution in [2.24, 2.45) is 0 Å². The van der Waals surface area contributed by atoms with E-state index in [0.717, 1.165) is 12.1 Å². The summed E-state index contributed by atoms with van der Waals surface area (Å²) >= 11 is 0. The predicted octanol–water partition coefficient (Wildman–Crippen LogP) is 1.74. The number of nitrogens with one attached hydrogen (secondary N) is 1. The zero-order chi connectivity index (χ0) is 11.4. The Bertz CT molecular complexity index is 368. The van der Waals surface area contributed by atoms with Gasteiger partial charge in [-0.25, -0.2) is 13.6 Å². The molecule has 0 bridgehead atoms. The molecule has 0 fully saturated rings. The molecule has 0 aliphatic carbocycles. The average Bonchev–Trinajstić information content (AvgIpc) is 2.22. The molecular formula is C10H12F2N2O. The van der Waals surface area contributed by atoms with Crippen molar-refractivity contribution in [1.82, 2.24) is 10.2 Å². The molecule has 1 rings (SSSR count). The lowest BCUT2D eigenvalue weighted by Crippen LogP contribution is -2.34. The van der Waals surface area contributed by atoms with E-state index in [0.29, 0.717) is 5.56 Å². The predicted molar refractivity (Wildman–Crippen MR) is 52.3 cm³/mol. The summed E-state index contributed by atoms with van der Waals surface area (Å²) in [5, 5.41) is 2.43. The number of hydrogen-bond donors (Lipinski definition) is 1. The maximum absolute atomic E-state index is 12.8. The van der Waals surface area contributed by atoms with Crippen LogP contribution in [0, 0.1) is 11.6 Å². The van der Waals surface area contributed by atoms with Gasteiger partial charge in [-0.2, -0.15) is 0 Å². The molecule has 0 radical (unpaired) electrons. The van der Waals surface area contributed by atoms with Gasteiger partial charge in [0.15, 0.2) is 11.6 Å². The quantitative estimate of drug-likeness (QED) is 0.799. The number of urea groups is 1. The van der Waals surface area contributed by atoms with E-state index in [1.807, 2.05) is 0 Å². The maximum Gasteiger partial charge on any atom is 0.317 e. The second-order valence-electron chi connectivity index (χ2n) is 3.16. The minimum atomic E-state index is -0.905. The average molecular weight is 214 g/mol. The topological polar surface area (TPSA) is 32.3 Å². The Labute approximate surface area is 86.7 Å². The fourth-order valence-corrected chi connectivity index (χ4v) is 1.17. The highest BCUT2D eigenvalue weighted by Gasteiger charge is 2.08. The van der Waals surface area contributed by atoms with Gasteiger partial charge in [-0.3, -0.25) is 0 Å². The first-order chi connectivity index (χ1) is 7.04. The maximum atomic E-state index is 12.8. The van der Waals surface area contributed by atoms with Gasteiger partial charge in [0.25, 0.3) is 0 Å². The van der Waals surface area contributed by atoms with Crippen molar-refractivity contribution >= 4 is 6.03 Å². The van der Waals surface area contributed by atoms with Gasteiger partial charge in [0.1, 0.15) is 0 Å². The van der Waals surface area contributed by atoms with Crippen LogP contribution < -0.4 is 5.32 Å². The minimum Gasteiger partial charge on any atom is -0.341 e. The molecule has 0 saturated heterocycles. The van der Waals surface area contributed by atoms with Crippen molar-refractivity contribution in [2.45, 2.75) is 6.54 Å². The van der Waals surface area contributed by atoms with Gasteiger partial charge in [-0.05, 0) is 17.7 Å². The van der Waals surface area contributed by atoms with Crippen molar-refractivity contribution in [3.63, 3.8) is 0 Å². The molecular weight excluding hydrogens is 202 g/mol. The molecule has 0 atom stereocenters. The lowest BCUT2D eigenvalue weighted by molar-refractivity contribution is 0.209. The molecule has 0 aromatic heterocycles. The van der Waals surface area contributed by atoms with Crippen molar-refractivity contribution < 1.29 is 13.6 Å². The Hall–Kier alpha value is -1.65. The van der Waals surface area contributed by atoms with Crippen molar-refractivity contribution in [3.8, 4) is 0 Å². The molecule has 0 aliphatic rings. The van der Waals surface area contributed by atoms with Gasteiger partial charge < -0.3 is 10.2 Å². The Morgan fingerprint density at radius 1 is 1.40 bits per heavy atom. The molecule has 1 N–H and O–H groups in total. The number of rotatable bonds is 2. The first-order valence-electron chi connectivity index (χ1n) is 4.41. The number of benzene rings is 1. The summed E-state index contributed by atoms with van der Waals surface area (Å²) in [6.45, 7) is 0.233. The molecule has 5 heteroatoms.